The SMILES string of the molecule is CCCCCc1ccc(C)c(N)c1N. The minimum atomic E-state index is 0.749. The summed E-state index contributed by atoms with van der Waals surface area (Å²) >= 11 is 0. The van der Waals surface area contributed by atoms with E-state index in [1.807, 2.05) is 13.0 Å². The predicted molar refractivity (Wildman–Crippen MR) is 63.2 cm³/mol. The van der Waals surface area contributed by atoms with Crippen LogP contribution in [0.15, 0.2) is 12.1 Å². The fourth-order valence-electron chi connectivity index (χ4n) is 1.57. The largest absolute Gasteiger partial charge is 0.397 e. The molecular weight excluding hydrogens is 172 g/mol. The smallest absolute Gasteiger partial charge is 0.0583 e. The Balaban J connectivity index is 2.73. The van der Waals surface area contributed by atoms with Crippen LogP contribution in [0.2, 0.25) is 0 Å². The van der Waals surface area contributed by atoms with Crippen molar-refractivity contribution in [2.75, 3.05) is 11.5 Å². The van der Waals surface area contributed by atoms with Crippen LogP contribution in [-0.2, 0) is 6.42 Å². The Labute approximate surface area is 86.3 Å². The molecule has 0 spiro atoms. The summed E-state index contributed by atoms with van der Waals surface area (Å²) in [6.45, 7) is 4.19. The molecule has 14 heavy (non-hydrogen) atoms. The van der Waals surface area contributed by atoms with E-state index in [-0.39, 0.29) is 0 Å². The van der Waals surface area contributed by atoms with Crippen molar-refractivity contribution < 1.29 is 0 Å². The lowest BCUT2D eigenvalue weighted by Crippen LogP contribution is -2.02. The molecule has 0 bridgehead atoms. The predicted octanol–water partition coefficient (Wildman–Crippen LogP) is 2.89. The van der Waals surface area contributed by atoms with Crippen molar-refractivity contribution in [2.24, 2.45) is 0 Å². The third-order valence-corrected chi connectivity index (χ3v) is 2.65. The number of nitrogen functional groups attached to an aromatic ring is 2. The van der Waals surface area contributed by atoms with Crippen LogP contribution >= 0.6 is 0 Å². The lowest BCUT2D eigenvalue weighted by molar-refractivity contribution is 0.718. The third-order valence-electron chi connectivity index (χ3n) is 2.65. The Kier molecular flexibility index (Phi) is 3.81. The molecule has 0 fully saturated rings. The van der Waals surface area contributed by atoms with Crippen molar-refractivity contribution in [2.45, 2.75) is 39.5 Å². The van der Waals surface area contributed by atoms with E-state index in [2.05, 4.69) is 13.0 Å². The molecule has 4 N–H and O–H groups in total. The molecule has 0 atom stereocenters. The number of anilines is 2. The van der Waals surface area contributed by atoms with Gasteiger partial charge in [0.15, 0.2) is 0 Å². The Bertz CT molecular complexity index is 305. The lowest BCUT2D eigenvalue weighted by Gasteiger charge is -2.10. The summed E-state index contributed by atoms with van der Waals surface area (Å²) in [5.74, 6) is 0. The molecule has 2 heteroatoms. The maximum absolute atomic E-state index is 5.94. The first-order valence-electron chi connectivity index (χ1n) is 5.30. The van der Waals surface area contributed by atoms with Crippen molar-refractivity contribution in [3.8, 4) is 0 Å². The number of rotatable bonds is 4. The van der Waals surface area contributed by atoms with Crippen molar-refractivity contribution >= 4 is 11.4 Å². The van der Waals surface area contributed by atoms with E-state index < -0.39 is 0 Å². The van der Waals surface area contributed by atoms with Gasteiger partial charge in [-0.25, -0.2) is 0 Å². The van der Waals surface area contributed by atoms with Gasteiger partial charge in [0.05, 0.1) is 11.4 Å². The highest BCUT2D eigenvalue weighted by atomic mass is 14.7. The molecule has 0 radical (unpaired) electrons. The van der Waals surface area contributed by atoms with E-state index in [1.54, 1.807) is 0 Å². The number of hydrogen-bond donors (Lipinski definition) is 2. The first-order chi connectivity index (χ1) is 6.66. The molecule has 1 aromatic carbocycles. The van der Waals surface area contributed by atoms with Gasteiger partial charge in [0, 0.05) is 0 Å². The average molecular weight is 192 g/mol. The minimum Gasteiger partial charge on any atom is -0.397 e. The number of unbranched alkanes of at least 4 members (excludes halogenated alkanes) is 2. The number of nitrogens with two attached hydrogens (primary N) is 2. The molecule has 78 valence electrons. The molecule has 1 aromatic rings. The Morgan fingerprint density at radius 2 is 1.79 bits per heavy atom. The van der Waals surface area contributed by atoms with Crippen LogP contribution < -0.4 is 11.5 Å². The van der Waals surface area contributed by atoms with Gasteiger partial charge in [0.25, 0.3) is 0 Å². The van der Waals surface area contributed by atoms with Crippen molar-refractivity contribution in [3.63, 3.8) is 0 Å². The normalized spacial score (nSPS) is 10.4. The quantitative estimate of drug-likeness (QED) is 0.569. The zero-order chi connectivity index (χ0) is 10.6. The van der Waals surface area contributed by atoms with Crippen LogP contribution in [0.3, 0.4) is 0 Å². The molecular formula is C12H20N2. The fourth-order valence-corrected chi connectivity index (χ4v) is 1.57. The van der Waals surface area contributed by atoms with Gasteiger partial charge in [0.1, 0.15) is 0 Å². The van der Waals surface area contributed by atoms with E-state index in [4.69, 9.17) is 11.5 Å². The van der Waals surface area contributed by atoms with Gasteiger partial charge in [0.2, 0.25) is 0 Å². The summed E-state index contributed by atoms with van der Waals surface area (Å²) in [5.41, 5.74) is 15.6. The van der Waals surface area contributed by atoms with Gasteiger partial charge in [-0.15, -0.1) is 0 Å². The summed E-state index contributed by atoms with van der Waals surface area (Å²) in [6.07, 6.45) is 4.74. The molecule has 0 saturated carbocycles. The highest BCUT2D eigenvalue weighted by Crippen LogP contribution is 2.25. The van der Waals surface area contributed by atoms with Gasteiger partial charge in [-0.05, 0) is 30.9 Å². The maximum atomic E-state index is 5.94. The number of hydrogen-bond acceptors (Lipinski definition) is 2. The third kappa shape index (κ3) is 2.41. The van der Waals surface area contributed by atoms with Crippen LogP contribution in [0.1, 0.15) is 37.3 Å². The standard InChI is InChI=1S/C12H20N2/c1-3-4-5-6-10-8-7-9(2)11(13)12(10)14/h7-8H,3-6,13-14H2,1-2H3. The Hall–Kier alpha value is -1.18. The highest BCUT2D eigenvalue weighted by molar-refractivity contribution is 5.70. The summed E-state index contributed by atoms with van der Waals surface area (Å²) in [5, 5.41) is 0. The minimum absolute atomic E-state index is 0.749. The molecule has 0 aliphatic heterocycles. The second-order valence-corrected chi connectivity index (χ2v) is 3.83. The van der Waals surface area contributed by atoms with Crippen LogP contribution in [-0.4, -0.2) is 0 Å². The molecule has 0 aliphatic carbocycles. The first kappa shape index (κ1) is 10.9. The van der Waals surface area contributed by atoms with E-state index >= 15 is 0 Å². The lowest BCUT2D eigenvalue weighted by atomic mass is 10.0. The van der Waals surface area contributed by atoms with Crippen LogP contribution in [0.4, 0.5) is 11.4 Å². The fraction of sp³-hybridized carbons (Fsp3) is 0.500. The van der Waals surface area contributed by atoms with Gasteiger partial charge >= 0.3 is 0 Å². The van der Waals surface area contributed by atoms with E-state index in [0.29, 0.717) is 0 Å². The summed E-state index contributed by atoms with van der Waals surface area (Å²) < 4.78 is 0. The van der Waals surface area contributed by atoms with Crippen molar-refractivity contribution in [3.05, 3.63) is 23.3 Å². The van der Waals surface area contributed by atoms with Crippen LogP contribution in [0, 0.1) is 6.92 Å². The first-order valence-corrected chi connectivity index (χ1v) is 5.30. The summed E-state index contributed by atoms with van der Waals surface area (Å²) in [7, 11) is 0. The molecule has 2 nitrogen and oxygen atoms in total. The van der Waals surface area contributed by atoms with Gasteiger partial charge in [-0.3, -0.25) is 0 Å². The topological polar surface area (TPSA) is 52.0 Å². The molecule has 0 amide bonds. The Morgan fingerprint density at radius 1 is 1.07 bits per heavy atom. The number of benzene rings is 1. The molecule has 0 aliphatic rings. The van der Waals surface area contributed by atoms with E-state index in [1.165, 1.54) is 24.8 Å². The zero-order valence-electron chi connectivity index (χ0n) is 9.14. The molecule has 0 unspecified atom stereocenters. The second-order valence-electron chi connectivity index (χ2n) is 3.83. The molecule has 0 heterocycles. The van der Waals surface area contributed by atoms with Crippen LogP contribution in [0.25, 0.3) is 0 Å². The maximum Gasteiger partial charge on any atom is 0.0583 e. The van der Waals surface area contributed by atoms with Gasteiger partial charge in [-0.1, -0.05) is 31.9 Å². The monoisotopic (exact) mass is 192 g/mol. The number of aryl methyl sites for hydroxylation is 2. The average Bonchev–Trinajstić information content (AvgIpc) is 2.18. The Morgan fingerprint density at radius 3 is 2.43 bits per heavy atom. The van der Waals surface area contributed by atoms with Crippen molar-refractivity contribution in [1.82, 2.24) is 0 Å². The molecule has 1 rings (SSSR count). The van der Waals surface area contributed by atoms with Gasteiger partial charge < -0.3 is 11.5 Å². The van der Waals surface area contributed by atoms with Crippen LogP contribution in [0.5, 0.6) is 0 Å². The molecule has 0 aromatic heterocycles. The van der Waals surface area contributed by atoms with E-state index in [9.17, 15) is 0 Å². The second kappa shape index (κ2) is 4.89. The summed E-state index contributed by atoms with van der Waals surface area (Å²) in [6, 6.07) is 4.14. The van der Waals surface area contributed by atoms with E-state index in [0.717, 1.165) is 23.4 Å². The van der Waals surface area contributed by atoms with Gasteiger partial charge in [-0.2, -0.15) is 0 Å². The molecule has 0 saturated heterocycles. The zero-order valence-corrected chi connectivity index (χ0v) is 9.14. The highest BCUT2D eigenvalue weighted by Gasteiger charge is 2.04. The summed E-state index contributed by atoms with van der Waals surface area (Å²) in [4.78, 5) is 0. The van der Waals surface area contributed by atoms with Crippen molar-refractivity contribution in [1.29, 1.82) is 0 Å².